The van der Waals surface area contributed by atoms with Crippen molar-refractivity contribution in [1.29, 1.82) is 0 Å². The van der Waals surface area contributed by atoms with Gasteiger partial charge in [0.25, 0.3) is 20.0 Å². The van der Waals surface area contributed by atoms with Crippen LogP contribution in [0, 0.1) is 17.7 Å². The monoisotopic (exact) mass is 647 g/mol. The maximum atomic E-state index is 13.0. The minimum Gasteiger partial charge on any atom is -0.357 e. The van der Waals surface area contributed by atoms with E-state index in [-0.39, 0.29) is 10.0 Å². The van der Waals surface area contributed by atoms with Gasteiger partial charge in [0.1, 0.15) is 0 Å². The molecule has 0 bridgehead atoms. The molecule has 2 heterocycles. The number of nitrogens with two attached hydrogens (primary N) is 1. The molecule has 16 heteroatoms. The topological polar surface area (TPSA) is 205 Å². The highest BCUT2D eigenvalue weighted by atomic mass is 35.6. The summed E-state index contributed by atoms with van der Waals surface area (Å²) in [6.07, 6.45) is 0. The van der Waals surface area contributed by atoms with Crippen molar-refractivity contribution >= 4 is 36.5 Å². The third kappa shape index (κ3) is 7.72. The van der Waals surface area contributed by atoms with Gasteiger partial charge in [0.15, 0.2) is 0 Å². The maximum absolute atomic E-state index is 13.0. The Bertz CT molecular complexity index is 1820. The molecule has 3 N–H and O–H groups in total. The SMILES string of the molecule is Cc1cc(-c2ccccc2)[n+](-c2ccc(S(=O)(=O)Nc3nnc(S(N)(=O)=O)s3)cc2)c(-c2ccccc2)c1.[O-][Cl+2]([O-])[O-]. The first-order valence-corrected chi connectivity index (χ1v) is 16.5. The largest absolute Gasteiger partial charge is 0.357 e. The molecule has 0 spiro atoms. The van der Waals surface area contributed by atoms with Crippen molar-refractivity contribution < 1.29 is 46.2 Å². The number of halogens is 1. The fourth-order valence-corrected chi connectivity index (χ4v) is 6.53. The van der Waals surface area contributed by atoms with Gasteiger partial charge in [0, 0.05) is 35.4 Å². The first kappa shape index (κ1) is 31.1. The summed E-state index contributed by atoms with van der Waals surface area (Å²) in [5.41, 5.74) is 5.75. The number of aryl methyl sites for hydroxylation is 1. The summed E-state index contributed by atoms with van der Waals surface area (Å²) in [5, 5.41) is 11.8. The summed E-state index contributed by atoms with van der Waals surface area (Å²) >= 11 is 0.532. The van der Waals surface area contributed by atoms with E-state index in [9.17, 15) is 16.8 Å². The molecule has 0 atom stereocenters. The van der Waals surface area contributed by atoms with Crippen LogP contribution in [0.15, 0.2) is 106 Å². The number of hydrogen-bond acceptors (Lipinski definition) is 10. The van der Waals surface area contributed by atoms with Crippen LogP contribution in [-0.2, 0) is 20.0 Å². The number of aromatic nitrogens is 3. The predicted molar refractivity (Wildman–Crippen MR) is 146 cm³/mol. The standard InChI is InChI=1S/C26H22N5O4S3.ClO3/c1-18-16-23(19-8-4-2-5-9-19)31(24(17-18)20-10-6-3-7-11-20)21-12-14-22(15-13-21)38(34,35)30-25-28-29-26(36-25)37(27,32)33;2-1(3)4/h2-17H,1H3,(H,28,30)(H2,27,32,33);/q+1;-1. The Labute approximate surface area is 248 Å². The number of nitrogens with one attached hydrogen (secondary N) is 1. The average molecular weight is 648 g/mol. The number of benzene rings is 3. The summed E-state index contributed by atoms with van der Waals surface area (Å²) in [6.45, 7) is 2.04. The van der Waals surface area contributed by atoms with Gasteiger partial charge in [-0.15, -0.1) is 10.2 Å². The number of hydrogen-bond donors (Lipinski definition) is 2. The lowest BCUT2D eigenvalue weighted by Gasteiger charge is -2.11. The van der Waals surface area contributed by atoms with Crippen molar-refractivity contribution in [2.75, 3.05) is 4.72 Å². The molecule has 3 aromatic carbocycles. The van der Waals surface area contributed by atoms with E-state index in [4.69, 9.17) is 19.1 Å². The number of sulfonamides is 2. The molecular formula is C26H22ClN5O7S3. The van der Waals surface area contributed by atoms with Crippen LogP contribution in [0.5, 0.6) is 0 Å². The molecule has 0 aliphatic rings. The Morgan fingerprint density at radius 1 is 0.786 bits per heavy atom. The Morgan fingerprint density at radius 3 is 1.69 bits per heavy atom. The number of pyridine rings is 1. The fourth-order valence-electron chi connectivity index (χ4n) is 3.97. The van der Waals surface area contributed by atoms with Gasteiger partial charge in [-0.3, -0.25) is 4.72 Å². The Hall–Kier alpha value is -3.80. The van der Waals surface area contributed by atoms with Gasteiger partial charge in [0.2, 0.25) is 26.5 Å². The summed E-state index contributed by atoms with van der Waals surface area (Å²) < 4.78 is 77.9. The summed E-state index contributed by atoms with van der Waals surface area (Å²) in [4.78, 5) is -0.0242. The van der Waals surface area contributed by atoms with Crippen LogP contribution in [0.3, 0.4) is 0 Å². The Morgan fingerprint density at radius 2 is 1.26 bits per heavy atom. The summed E-state index contributed by atoms with van der Waals surface area (Å²) in [5.74, 6) is 0. The third-order valence-corrected chi connectivity index (χ3v) is 9.26. The van der Waals surface area contributed by atoms with Gasteiger partial charge < -0.3 is 14.0 Å². The van der Waals surface area contributed by atoms with Crippen molar-refractivity contribution in [3.05, 3.63) is 103 Å². The number of nitrogens with zero attached hydrogens (tertiary/aromatic N) is 3. The highest BCUT2D eigenvalue weighted by molar-refractivity contribution is 7.93. The van der Waals surface area contributed by atoms with E-state index in [1.165, 1.54) is 12.1 Å². The third-order valence-electron chi connectivity index (χ3n) is 5.63. The quantitative estimate of drug-likeness (QED) is 0.233. The molecule has 5 rings (SSSR count). The van der Waals surface area contributed by atoms with Gasteiger partial charge in [-0.25, -0.2) is 22.0 Å². The Kier molecular flexibility index (Phi) is 9.65. The zero-order chi connectivity index (χ0) is 30.5. The van der Waals surface area contributed by atoms with Gasteiger partial charge >= 0.3 is 0 Å². The minimum atomic E-state index is -4.09. The lowest BCUT2D eigenvalue weighted by molar-refractivity contribution is -1.73. The molecule has 0 unspecified atom stereocenters. The normalized spacial score (nSPS) is 11.6. The molecule has 0 saturated carbocycles. The van der Waals surface area contributed by atoms with Crippen molar-refractivity contribution in [2.24, 2.45) is 5.14 Å². The zero-order valence-corrected chi connectivity index (χ0v) is 24.8. The number of primary sulfonamides is 1. The molecule has 5 aromatic rings. The number of anilines is 1. The minimum absolute atomic E-state index is 0.0242. The highest BCUT2D eigenvalue weighted by Crippen LogP contribution is 2.27. The molecule has 2 aromatic heterocycles. The molecule has 218 valence electrons. The van der Waals surface area contributed by atoms with Crippen LogP contribution in [-0.4, -0.2) is 27.0 Å². The van der Waals surface area contributed by atoms with Gasteiger partial charge in [-0.2, -0.15) is 4.57 Å². The van der Waals surface area contributed by atoms with Crippen LogP contribution in [0.25, 0.3) is 28.2 Å². The molecule has 0 aliphatic carbocycles. The van der Waals surface area contributed by atoms with E-state index in [1.54, 1.807) is 12.1 Å². The molecular weight excluding hydrogens is 626 g/mol. The van der Waals surface area contributed by atoms with Crippen molar-refractivity contribution in [2.45, 2.75) is 16.2 Å². The van der Waals surface area contributed by atoms with Crippen LogP contribution in [0.2, 0.25) is 0 Å². The molecule has 42 heavy (non-hydrogen) atoms. The van der Waals surface area contributed by atoms with Crippen LogP contribution in [0.1, 0.15) is 5.56 Å². The van der Waals surface area contributed by atoms with Gasteiger partial charge in [-0.05, 0) is 48.9 Å². The second-order valence-electron chi connectivity index (χ2n) is 8.58. The van der Waals surface area contributed by atoms with E-state index in [0.29, 0.717) is 11.3 Å². The second kappa shape index (κ2) is 13.0. The molecule has 0 fully saturated rings. The van der Waals surface area contributed by atoms with Crippen molar-refractivity contribution in [1.82, 2.24) is 10.2 Å². The predicted octanol–water partition coefficient (Wildman–Crippen LogP) is 0.338. The van der Waals surface area contributed by atoms with Gasteiger partial charge in [-0.1, -0.05) is 47.7 Å². The van der Waals surface area contributed by atoms with E-state index >= 15 is 0 Å². The average Bonchev–Trinajstić information content (AvgIpc) is 3.42. The van der Waals surface area contributed by atoms with E-state index in [2.05, 4.69) is 31.6 Å². The second-order valence-corrected chi connectivity index (χ2v) is 13.4. The summed E-state index contributed by atoms with van der Waals surface area (Å²) in [6, 6.07) is 30.5. The van der Waals surface area contributed by atoms with Crippen LogP contribution in [0.4, 0.5) is 5.13 Å². The maximum Gasteiger partial charge on any atom is 0.267 e. The van der Waals surface area contributed by atoms with E-state index in [1.807, 2.05) is 67.6 Å². The fraction of sp³-hybridized carbons (Fsp3) is 0.0385. The first-order valence-electron chi connectivity index (χ1n) is 11.8. The molecule has 0 aliphatic heterocycles. The highest BCUT2D eigenvalue weighted by Gasteiger charge is 2.25. The molecule has 12 nitrogen and oxygen atoms in total. The lowest BCUT2D eigenvalue weighted by Crippen LogP contribution is -2.42. The van der Waals surface area contributed by atoms with E-state index < -0.39 is 35.2 Å². The summed E-state index contributed by atoms with van der Waals surface area (Å²) in [7, 11) is -11.0. The number of rotatable bonds is 7. The van der Waals surface area contributed by atoms with Crippen molar-refractivity contribution in [3.63, 3.8) is 0 Å². The van der Waals surface area contributed by atoms with Crippen LogP contribution >= 0.6 is 11.3 Å². The smallest absolute Gasteiger partial charge is 0.267 e. The van der Waals surface area contributed by atoms with Crippen molar-refractivity contribution in [3.8, 4) is 28.2 Å². The zero-order valence-electron chi connectivity index (χ0n) is 21.6. The molecule has 0 saturated heterocycles. The molecule has 0 radical (unpaired) electrons. The van der Waals surface area contributed by atoms with Gasteiger partial charge in [0.05, 0.1) is 15.7 Å². The molecule has 0 amide bonds. The van der Waals surface area contributed by atoms with E-state index in [0.717, 1.165) is 33.8 Å². The Balaban J connectivity index is 0.000000952. The van der Waals surface area contributed by atoms with Crippen LogP contribution < -0.4 is 28.4 Å². The first-order chi connectivity index (χ1) is 19.8. The lowest BCUT2D eigenvalue weighted by atomic mass is 10.0.